The van der Waals surface area contributed by atoms with E-state index in [1.165, 1.54) is 5.56 Å². The van der Waals surface area contributed by atoms with E-state index in [9.17, 15) is 9.59 Å². The van der Waals surface area contributed by atoms with Gasteiger partial charge in [-0.1, -0.05) is 19.1 Å². The van der Waals surface area contributed by atoms with Crippen LogP contribution in [0, 0.1) is 17.8 Å². The molecule has 1 aliphatic carbocycles. The fourth-order valence-corrected chi connectivity index (χ4v) is 4.76. The Bertz CT molecular complexity index is 934. The van der Waals surface area contributed by atoms with Crippen molar-refractivity contribution < 1.29 is 9.59 Å². The quantitative estimate of drug-likeness (QED) is 0.809. The monoisotopic (exact) mass is 418 g/mol. The largest absolute Gasteiger partial charge is 0.342 e. The summed E-state index contributed by atoms with van der Waals surface area (Å²) >= 11 is 0. The van der Waals surface area contributed by atoms with Crippen molar-refractivity contribution in [1.82, 2.24) is 15.2 Å². The number of hydrogen-bond acceptors (Lipinski definition) is 4. The number of pyridine rings is 1. The molecule has 1 aromatic carbocycles. The smallest absolute Gasteiger partial charge is 0.237 e. The number of anilines is 2. The van der Waals surface area contributed by atoms with Crippen LogP contribution in [0.2, 0.25) is 0 Å². The fraction of sp³-hybridized carbons (Fsp3) is 0.480. The minimum Gasteiger partial charge on any atom is -0.342 e. The Hall–Kier alpha value is -2.73. The van der Waals surface area contributed by atoms with E-state index < -0.39 is 0 Å². The molecule has 3 aliphatic rings. The number of carbonyl (C=O) groups excluding carboxylic acids is 2. The number of aromatic nitrogens is 1. The minimum absolute atomic E-state index is 0.0101. The van der Waals surface area contributed by atoms with Crippen molar-refractivity contribution in [2.45, 2.75) is 32.1 Å². The first-order valence-corrected chi connectivity index (χ1v) is 11.5. The number of rotatable bonds is 5. The molecule has 3 heterocycles. The second-order valence-corrected chi connectivity index (χ2v) is 9.25. The average molecular weight is 419 g/mol. The Labute approximate surface area is 183 Å². The van der Waals surface area contributed by atoms with Crippen LogP contribution in [-0.2, 0) is 9.59 Å². The second kappa shape index (κ2) is 8.42. The average Bonchev–Trinajstić information content (AvgIpc) is 3.50. The standard InChI is InChI=1S/C25H30N4O2/c1-17-13-23(17)25(31)28-11-8-19(9-12-28)18-4-6-21(7-5-18)29(22-3-2-10-26-16-22)24(30)20-14-27-15-20/h2-7,10,16-17,19-20,23,27H,8-9,11-15H2,1H3. The Kier molecular flexibility index (Phi) is 5.48. The topological polar surface area (TPSA) is 65.5 Å². The van der Waals surface area contributed by atoms with Crippen molar-refractivity contribution in [2.75, 3.05) is 31.1 Å². The zero-order chi connectivity index (χ0) is 21.4. The lowest BCUT2D eigenvalue weighted by atomic mass is 9.89. The fourth-order valence-electron chi connectivity index (χ4n) is 4.76. The van der Waals surface area contributed by atoms with Crippen LogP contribution in [0.3, 0.4) is 0 Å². The Balaban J connectivity index is 1.28. The molecular formula is C25H30N4O2. The van der Waals surface area contributed by atoms with Crippen molar-refractivity contribution in [3.8, 4) is 0 Å². The molecule has 0 bridgehead atoms. The van der Waals surface area contributed by atoms with Crippen molar-refractivity contribution in [3.05, 3.63) is 54.4 Å². The molecule has 2 unspecified atom stereocenters. The lowest BCUT2D eigenvalue weighted by molar-refractivity contribution is -0.134. The van der Waals surface area contributed by atoms with E-state index in [2.05, 4.69) is 46.4 Å². The molecule has 1 saturated carbocycles. The van der Waals surface area contributed by atoms with Gasteiger partial charge in [0.2, 0.25) is 11.8 Å². The number of hydrogen-bond donors (Lipinski definition) is 1. The van der Waals surface area contributed by atoms with Crippen LogP contribution in [0.25, 0.3) is 0 Å². The highest BCUT2D eigenvalue weighted by atomic mass is 16.2. The molecule has 1 N–H and O–H groups in total. The van der Waals surface area contributed by atoms with Gasteiger partial charge in [0.05, 0.1) is 17.8 Å². The van der Waals surface area contributed by atoms with Crippen LogP contribution in [0.5, 0.6) is 0 Å². The van der Waals surface area contributed by atoms with Crippen LogP contribution in [-0.4, -0.2) is 47.9 Å². The number of carbonyl (C=O) groups is 2. The molecule has 2 aliphatic heterocycles. The summed E-state index contributed by atoms with van der Waals surface area (Å²) in [4.78, 5) is 33.7. The summed E-state index contributed by atoms with van der Waals surface area (Å²) in [6.07, 6.45) is 6.53. The number of likely N-dealkylation sites (tertiary alicyclic amines) is 1. The number of nitrogens with one attached hydrogen (secondary N) is 1. The highest BCUT2D eigenvalue weighted by Gasteiger charge is 2.42. The number of amides is 2. The van der Waals surface area contributed by atoms with Crippen LogP contribution in [0.1, 0.15) is 37.7 Å². The third-order valence-electron chi connectivity index (χ3n) is 7.11. The predicted molar refractivity (Wildman–Crippen MR) is 120 cm³/mol. The van der Waals surface area contributed by atoms with Gasteiger partial charge >= 0.3 is 0 Å². The van der Waals surface area contributed by atoms with Crippen LogP contribution in [0.15, 0.2) is 48.8 Å². The maximum atomic E-state index is 13.1. The Morgan fingerprint density at radius 1 is 1.06 bits per heavy atom. The van der Waals surface area contributed by atoms with Gasteiger partial charge < -0.3 is 10.2 Å². The first kappa shape index (κ1) is 20.2. The maximum absolute atomic E-state index is 13.1. The van der Waals surface area contributed by atoms with E-state index in [1.54, 1.807) is 17.3 Å². The predicted octanol–water partition coefficient (Wildman–Crippen LogP) is 3.33. The molecule has 2 atom stereocenters. The molecule has 5 rings (SSSR count). The van der Waals surface area contributed by atoms with Gasteiger partial charge in [0.15, 0.2) is 0 Å². The molecule has 162 valence electrons. The third kappa shape index (κ3) is 4.09. The summed E-state index contributed by atoms with van der Waals surface area (Å²) in [5.74, 6) is 1.79. The SMILES string of the molecule is CC1CC1C(=O)N1CCC(c2ccc(N(C(=O)C3CNC3)c3cccnc3)cc2)CC1. The number of nitrogens with zero attached hydrogens (tertiary/aromatic N) is 3. The lowest BCUT2D eigenvalue weighted by Crippen LogP contribution is -2.51. The van der Waals surface area contributed by atoms with E-state index in [4.69, 9.17) is 0 Å². The summed E-state index contributed by atoms with van der Waals surface area (Å²) in [7, 11) is 0. The molecule has 0 spiro atoms. The zero-order valence-corrected chi connectivity index (χ0v) is 18.0. The normalized spacial score (nSPS) is 23.8. The minimum atomic E-state index is 0.0101. The van der Waals surface area contributed by atoms with Crippen LogP contribution >= 0.6 is 0 Å². The molecule has 3 fully saturated rings. The van der Waals surface area contributed by atoms with Crippen molar-refractivity contribution in [3.63, 3.8) is 0 Å². The molecule has 31 heavy (non-hydrogen) atoms. The molecule has 6 heteroatoms. The van der Waals surface area contributed by atoms with Gasteiger partial charge in [-0.2, -0.15) is 0 Å². The van der Waals surface area contributed by atoms with Gasteiger partial charge in [0.25, 0.3) is 0 Å². The maximum Gasteiger partial charge on any atom is 0.237 e. The summed E-state index contributed by atoms with van der Waals surface area (Å²) in [5, 5.41) is 3.19. The number of benzene rings is 1. The summed E-state index contributed by atoms with van der Waals surface area (Å²) < 4.78 is 0. The molecule has 2 amide bonds. The first-order chi connectivity index (χ1) is 15.1. The van der Waals surface area contributed by atoms with Gasteiger partial charge in [-0.05, 0) is 60.9 Å². The van der Waals surface area contributed by atoms with E-state index in [1.807, 2.05) is 12.1 Å². The second-order valence-electron chi connectivity index (χ2n) is 9.25. The van der Waals surface area contributed by atoms with Crippen LogP contribution < -0.4 is 10.2 Å². The highest BCUT2D eigenvalue weighted by molar-refractivity contribution is 6.02. The lowest BCUT2D eigenvalue weighted by Gasteiger charge is -2.33. The Morgan fingerprint density at radius 2 is 1.77 bits per heavy atom. The third-order valence-corrected chi connectivity index (χ3v) is 7.11. The van der Waals surface area contributed by atoms with Gasteiger partial charge in [0.1, 0.15) is 0 Å². The summed E-state index contributed by atoms with van der Waals surface area (Å²) in [6, 6.07) is 12.2. The van der Waals surface area contributed by atoms with Crippen molar-refractivity contribution in [1.29, 1.82) is 0 Å². The summed E-state index contributed by atoms with van der Waals surface area (Å²) in [6.45, 7) is 5.32. The molecular weight excluding hydrogens is 388 g/mol. The van der Waals surface area contributed by atoms with E-state index in [0.29, 0.717) is 17.7 Å². The van der Waals surface area contributed by atoms with Gasteiger partial charge in [-0.25, -0.2) is 0 Å². The molecule has 6 nitrogen and oxygen atoms in total. The first-order valence-electron chi connectivity index (χ1n) is 11.5. The van der Waals surface area contributed by atoms with Crippen LogP contribution in [0.4, 0.5) is 11.4 Å². The molecule has 2 saturated heterocycles. The molecule has 1 aromatic heterocycles. The Morgan fingerprint density at radius 3 is 2.32 bits per heavy atom. The highest BCUT2D eigenvalue weighted by Crippen LogP contribution is 2.40. The van der Waals surface area contributed by atoms with Crippen molar-refractivity contribution >= 4 is 23.2 Å². The van der Waals surface area contributed by atoms with Gasteiger partial charge in [0, 0.05) is 44.0 Å². The zero-order valence-electron chi connectivity index (χ0n) is 18.0. The van der Waals surface area contributed by atoms with E-state index in [-0.39, 0.29) is 17.7 Å². The van der Waals surface area contributed by atoms with Gasteiger partial charge in [-0.3, -0.25) is 19.5 Å². The molecule has 2 aromatic rings. The number of piperidine rings is 1. The van der Waals surface area contributed by atoms with E-state index >= 15 is 0 Å². The summed E-state index contributed by atoms with van der Waals surface area (Å²) in [5.41, 5.74) is 2.97. The van der Waals surface area contributed by atoms with E-state index in [0.717, 1.165) is 56.8 Å². The molecule has 0 radical (unpaired) electrons. The van der Waals surface area contributed by atoms with Crippen molar-refractivity contribution in [2.24, 2.45) is 17.8 Å². The van der Waals surface area contributed by atoms with Gasteiger partial charge in [-0.15, -0.1) is 0 Å².